The second-order valence-electron chi connectivity index (χ2n) is 1.86. The SMILES string of the molecule is O=C([O-])C(F)F.O=C([O-])C(F)F.O=C([O-])C(F)F.[Cr+3]. The molecule has 0 aromatic rings. The summed E-state index contributed by atoms with van der Waals surface area (Å²) in [6, 6.07) is 0. The van der Waals surface area contributed by atoms with Gasteiger partial charge in [0.15, 0.2) is 0 Å². The molecule has 0 bridgehead atoms. The maximum absolute atomic E-state index is 10.5. The fourth-order valence-corrected chi connectivity index (χ4v) is 0. The number of carboxylic acids is 3. The average Bonchev–Trinajstić information content (AvgIpc) is 2.18. The second-order valence-corrected chi connectivity index (χ2v) is 1.86. The van der Waals surface area contributed by atoms with Crippen LogP contribution in [0, 0.1) is 0 Å². The summed E-state index contributed by atoms with van der Waals surface area (Å²) in [6.45, 7) is 0. The first-order valence-electron chi connectivity index (χ1n) is 3.40. The number of aliphatic carboxylic acids is 3. The fourth-order valence-electron chi connectivity index (χ4n) is 0. The number of carbonyl (C=O) groups is 3. The number of rotatable bonds is 3. The smallest absolute Gasteiger partial charge is 0.544 e. The van der Waals surface area contributed by atoms with E-state index in [0.717, 1.165) is 0 Å². The molecule has 1 radical (unpaired) electrons. The van der Waals surface area contributed by atoms with E-state index in [-0.39, 0.29) is 17.4 Å². The Balaban J connectivity index is -0.0000000865. The number of hydrogen-bond acceptors (Lipinski definition) is 6. The molecule has 111 valence electrons. The number of alkyl halides is 6. The monoisotopic (exact) mass is 337 g/mol. The van der Waals surface area contributed by atoms with Crippen LogP contribution in [0.2, 0.25) is 0 Å². The molecule has 0 aliphatic rings. The minimum atomic E-state index is -3.34. The summed E-state index contributed by atoms with van der Waals surface area (Å²) in [7, 11) is 0. The Kier molecular flexibility index (Phi) is 20.1. The molecular weight excluding hydrogens is 334 g/mol. The Morgan fingerprint density at radius 2 is 0.632 bits per heavy atom. The van der Waals surface area contributed by atoms with Crippen LogP contribution in [0.15, 0.2) is 0 Å². The summed E-state index contributed by atoms with van der Waals surface area (Å²) in [4.78, 5) is 26.5. The van der Waals surface area contributed by atoms with Crippen LogP contribution < -0.4 is 15.3 Å². The summed E-state index contributed by atoms with van der Waals surface area (Å²) in [5.74, 6) is -6.97. The first-order valence-corrected chi connectivity index (χ1v) is 3.40. The van der Waals surface area contributed by atoms with E-state index in [1.165, 1.54) is 0 Å². The molecule has 0 atom stereocenters. The molecule has 0 amide bonds. The van der Waals surface area contributed by atoms with E-state index in [1.807, 2.05) is 0 Å². The Hall–Kier alpha value is -1.48. The van der Waals surface area contributed by atoms with Crippen molar-refractivity contribution in [3.05, 3.63) is 0 Å². The van der Waals surface area contributed by atoms with E-state index < -0.39 is 37.2 Å². The molecule has 13 heteroatoms. The Labute approximate surface area is 111 Å². The van der Waals surface area contributed by atoms with E-state index in [0.29, 0.717) is 0 Å². The van der Waals surface area contributed by atoms with Gasteiger partial charge in [0.25, 0.3) is 19.3 Å². The van der Waals surface area contributed by atoms with E-state index in [4.69, 9.17) is 29.7 Å². The van der Waals surface area contributed by atoms with Gasteiger partial charge in [0.05, 0.1) is 0 Å². The van der Waals surface area contributed by atoms with Gasteiger partial charge in [0, 0.05) is 0 Å². The first kappa shape index (κ1) is 26.2. The molecular formula is C6H3CrF6O6. The molecule has 6 nitrogen and oxygen atoms in total. The standard InChI is InChI=1S/3C2H2F2O2.Cr/c3*3-1(4)2(5)6;/h3*1H,(H,5,6);/q;;;+3/p-3. The predicted molar refractivity (Wildman–Crippen MR) is 33.0 cm³/mol. The first-order chi connectivity index (χ1) is 7.93. The van der Waals surface area contributed by atoms with Crippen LogP contribution >= 0.6 is 0 Å². The summed E-state index contributed by atoms with van der Waals surface area (Å²) in [6.07, 6.45) is -10.0. The van der Waals surface area contributed by atoms with Crippen LogP contribution in [0.1, 0.15) is 0 Å². The third-order valence-corrected chi connectivity index (χ3v) is 0.535. The van der Waals surface area contributed by atoms with Gasteiger partial charge in [-0.15, -0.1) is 0 Å². The van der Waals surface area contributed by atoms with Gasteiger partial charge in [-0.25, -0.2) is 26.3 Å². The predicted octanol–water partition coefficient (Wildman–Crippen LogP) is -3.00. The number of carboxylic acid groups (broad SMARTS) is 3. The molecule has 0 saturated heterocycles. The Bertz CT molecular complexity index is 230. The van der Waals surface area contributed by atoms with Crippen molar-refractivity contribution in [1.82, 2.24) is 0 Å². The summed E-state index contributed by atoms with van der Waals surface area (Å²) < 4.78 is 63.0. The quantitative estimate of drug-likeness (QED) is 0.506. The fraction of sp³-hybridized carbons (Fsp3) is 0.500. The molecule has 19 heavy (non-hydrogen) atoms. The molecule has 0 aliphatic carbocycles. The maximum atomic E-state index is 10.5. The van der Waals surface area contributed by atoms with Gasteiger partial charge >= 0.3 is 17.4 Å². The molecule has 0 aliphatic heterocycles. The van der Waals surface area contributed by atoms with Crippen LogP contribution in [-0.4, -0.2) is 37.2 Å². The number of carbonyl (C=O) groups excluding carboxylic acids is 3. The molecule has 0 N–H and O–H groups in total. The zero-order valence-corrected chi connectivity index (χ0v) is 9.63. The molecule has 0 rings (SSSR count). The van der Waals surface area contributed by atoms with Gasteiger partial charge in [0.1, 0.15) is 17.9 Å². The minimum absolute atomic E-state index is 0. The third kappa shape index (κ3) is 31.5. The zero-order chi connectivity index (χ0) is 15.5. The maximum Gasteiger partial charge on any atom is 3.00 e. The van der Waals surface area contributed by atoms with Crippen molar-refractivity contribution >= 4 is 17.9 Å². The molecule has 0 heterocycles. The van der Waals surface area contributed by atoms with Crippen molar-refractivity contribution in [2.75, 3.05) is 0 Å². The van der Waals surface area contributed by atoms with Crippen LogP contribution in [0.4, 0.5) is 26.3 Å². The molecule has 0 spiro atoms. The molecule has 0 unspecified atom stereocenters. The van der Waals surface area contributed by atoms with Crippen molar-refractivity contribution in [3.63, 3.8) is 0 Å². The van der Waals surface area contributed by atoms with Crippen LogP contribution in [-0.2, 0) is 31.7 Å². The van der Waals surface area contributed by atoms with Gasteiger partial charge in [-0.05, 0) is 0 Å². The average molecular weight is 337 g/mol. The van der Waals surface area contributed by atoms with Crippen molar-refractivity contribution in [2.24, 2.45) is 0 Å². The normalized spacial score (nSPS) is 8.68. The van der Waals surface area contributed by atoms with Crippen LogP contribution in [0.25, 0.3) is 0 Å². The van der Waals surface area contributed by atoms with E-state index >= 15 is 0 Å². The largest absolute Gasteiger partial charge is 3.00 e. The number of hydrogen-bond donors (Lipinski definition) is 0. The summed E-state index contributed by atoms with van der Waals surface area (Å²) in [5, 5.41) is 26.5. The topological polar surface area (TPSA) is 120 Å². The van der Waals surface area contributed by atoms with Gasteiger partial charge in [0.2, 0.25) is 0 Å². The molecule has 0 aromatic carbocycles. The third-order valence-electron chi connectivity index (χ3n) is 0.535. The van der Waals surface area contributed by atoms with Crippen molar-refractivity contribution in [1.29, 1.82) is 0 Å². The zero-order valence-electron chi connectivity index (χ0n) is 8.36. The summed E-state index contributed by atoms with van der Waals surface area (Å²) >= 11 is 0. The Morgan fingerprint density at radius 1 is 0.579 bits per heavy atom. The molecule has 0 fully saturated rings. The van der Waals surface area contributed by atoms with Gasteiger partial charge in [-0.3, -0.25) is 0 Å². The van der Waals surface area contributed by atoms with Crippen LogP contribution in [0.5, 0.6) is 0 Å². The van der Waals surface area contributed by atoms with Crippen molar-refractivity contribution in [2.45, 2.75) is 19.3 Å². The van der Waals surface area contributed by atoms with Crippen LogP contribution in [0.3, 0.4) is 0 Å². The molecule has 0 saturated carbocycles. The summed E-state index contributed by atoms with van der Waals surface area (Å²) in [5.41, 5.74) is 0. The van der Waals surface area contributed by atoms with E-state index in [9.17, 15) is 26.3 Å². The van der Waals surface area contributed by atoms with Gasteiger partial charge in [-0.1, -0.05) is 0 Å². The van der Waals surface area contributed by atoms with Crippen molar-refractivity contribution in [3.8, 4) is 0 Å². The van der Waals surface area contributed by atoms with Crippen molar-refractivity contribution < 1.29 is 73.4 Å². The number of halogens is 6. The van der Waals surface area contributed by atoms with E-state index in [1.54, 1.807) is 0 Å². The van der Waals surface area contributed by atoms with Gasteiger partial charge in [-0.2, -0.15) is 0 Å². The minimum Gasteiger partial charge on any atom is -0.544 e. The Morgan fingerprint density at radius 3 is 0.632 bits per heavy atom. The van der Waals surface area contributed by atoms with E-state index in [2.05, 4.69) is 0 Å². The van der Waals surface area contributed by atoms with Gasteiger partial charge < -0.3 is 29.7 Å². The molecule has 0 aromatic heterocycles. The second kappa shape index (κ2) is 14.6.